The van der Waals surface area contributed by atoms with E-state index >= 15 is 0 Å². The van der Waals surface area contributed by atoms with E-state index in [1.165, 1.54) is 0 Å². The molecule has 0 radical (unpaired) electrons. The van der Waals surface area contributed by atoms with Crippen molar-refractivity contribution in [2.75, 3.05) is 39.4 Å². The van der Waals surface area contributed by atoms with Crippen LogP contribution >= 0.6 is 0 Å². The second kappa shape index (κ2) is 6.57. The molecule has 1 saturated heterocycles. The first kappa shape index (κ1) is 15.7. The highest BCUT2D eigenvalue weighted by Crippen LogP contribution is 2.31. The van der Waals surface area contributed by atoms with Crippen LogP contribution in [0, 0.1) is 17.2 Å². The number of hydrogen-bond donors (Lipinski definition) is 1. The van der Waals surface area contributed by atoms with E-state index in [4.69, 9.17) is 9.47 Å². The largest absolute Gasteiger partial charge is 0.491 e. The van der Waals surface area contributed by atoms with Crippen molar-refractivity contribution in [1.29, 1.82) is 5.26 Å². The first-order valence-electron chi connectivity index (χ1n) is 8.31. The van der Waals surface area contributed by atoms with Gasteiger partial charge in [-0.05, 0) is 23.6 Å². The summed E-state index contributed by atoms with van der Waals surface area (Å²) < 4.78 is 11.6. The third-order valence-electron chi connectivity index (χ3n) is 4.53. The number of fused-ring (bicyclic) bond motifs is 6. The Bertz CT molecular complexity index is 855. The first-order valence-corrected chi connectivity index (χ1v) is 8.31. The molecule has 0 unspecified atom stereocenters. The van der Waals surface area contributed by atoms with Crippen LogP contribution in [0.5, 0.6) is 11.6 Å². The van der Waals surface area contributed by atoms with Gasteiger partial charge in [-0.2, -0.15) is 5.26 Å². The van der Waals surface area contributed by atoms with Crippen molar-refractivity contribution >= 4 is 16.7 Å². The quantitative estimate of drug-likeness (QED) is 0.769. The zero-order valence-electron chi connectivity index (χ0n) is 13.7. The zero-order chi connectivity index (χ0) is 17.2. The Morgan fingerprint density at radius 3 is 3.04 bits per heavy atom. The molecule has 1 aromatic heterocycles. The van der Waals surface area contributed by atoms with Gasteiger partial charge in [-0.15, -0.1) is 0 Å². The van der Waals surface area contributed by atoms with Crippen LogP contribution < -0.4 is 14.8 Å². The molecule has 0 spiro atoms. The zero-order valence-corrected chi connectivity index (χ0v) is 13.7. The number of nitriles is 1. The molecule has 0 atom stereocenters. The fraction of sp³-hybridized carbons (Fsp3) is 0.389. The van der Waals surface area contributed by atoms with Crippen molar-refractivity contribution in [3.05, 3.63) is 30.0 Å². The summed E-state index contributed by atoms with van der Waals surface area (Å²) in [6, 6.07) is 7.62. The Kier molecular flexibility index (Phi) is 4.12. The van der Waals surface area contributed by atoms with E-state index in [0.29, 0.717) is 62.5 Å². The Morgan fingerprint density at radius 1 is 1.32 bits per heavy atom. The van der Waals surface area contributed by atoms with Crippen LogP contribution in [0.1, 0.15) is 5.56 Å². The number of nitrogens with one attached hydrogen (secondary N) is 1. The Morgan fingerprint density at radius 2 is 2.20 bits per heavy atom. The van der Waals surface area contributed by atoms with Crippen molar-refractivity contribution in [3.63, 3.8) is 0 Å². The molecular formula is C18H18N4O3. The molecule has 25 heavy (non-hydrogen) atoms. The van der Waals surface area contributed by atoms with Crippen molar-refractivity contribution in [3.8, 4) is 17.7 Å². The van der Waals surface area contributed by atoms with E-state index < -0.39 is 0 Å². The lowest BCUT2D eigenvalue weighted by Crippen LogP contribution is -2.54. The van der Waals surface area contributed by atoms with Crippen LogP contribution in [-0.2, 0) is 4.79 Å². The number of nitrogens with zero attached hydrogens (tertiary/aromatic N) is 3. The summed E-state index contributed by atoms with van der Waals surface area (Å²) >= 11 is 0. The Labute approximate surface area is 145 Å². The second-order valence-corrected chi connectivity index (χ2v) is 6.30. The molecule has 0 aliphatic carbocycles. The molecule has 7 heteroatoms. The summed E-state index contributed by atoms with van der Waals surface area (Å²) in [5, 5.41) is 14.2. The van der Waals surface area contributed by atoms with Crippen LogP contribution in [-0.4, -0.2) is 55.2 Å². The number of ether oxygens (including phenoxy) is 2. The van der Waals surface area contributed by atoms with E-state index in [9.17, 15) is 10.1 Å². The lowest BCUT2D eigenvalue weighted by molar-refractivity contribution is -0.137. The summed E-state index contributed by atoms with van der Waals surface area (Å²) in [5.74, 6) is 1.44. The van der Waals surface area contributed by atoms with Gasteiger partial charge in [0.15, 0.2) is 0 Å². The lowest BCUT2D eigenvalue weighted by atomic mass is 10.0. The molecule has 1 amide bonds. The molecule has 128 valence electrons. The number of carbonyl (C=O) groups excluding carboxylic acids is 1. The van der Waals surface area contributed by atoms with Gasteiger partial charge in [-0.1, -0.05) is 0 Å². The maximum absolute atomic E-state index is 12.0. The van der Waals surface area contributed by atoms with Crippen LogP contribution in [0.2, 0.25) is 0 Å². The highest BCUT2D eigenvalue weighted by Gasteiger charge is 2.31. The van der Waals surface area contributed by atoms with Gasteiger partial charge in [-0.3, -0.25) is 4.79 Å². The van der Waals surface area contributed by atoms with Gasteiger partial charge in [-0.25, -0.2) is 4.98 Å². The molecule has 5 rings (SSSR count). The monoisotopic (exact) mass is 338 g/mol. The maximum Gasteiger partial charge on any atom is 0.236 e. The van der Waals surface area contributed by atoms with E-state index in [0.717, 1.165) is 10.8 Å². The summed E-state index contributed by atoms with van der Waals surface area (Å²) in [5.41, 5.74) is 0.471. The third-order valence-corrected chi connectivity index (χ3v) is 4.53. The number of aromatic nitrogens is 1. The Hall–Kier alpha value is -2.85. The topological polar surface area (TPSA) is 87.5 Å². The summed E-state index contributed by atoms with van der Waals surface area (Å²) in [6.07, 6.45) is 1.67. The molecule has 4 bridgehead atoms. The SMILES string of the molecule is N#Cc1cc2ccnc3c2cc1OCCNCC(=O)N1CC(CO3)C1. The molecule has 0 saturated carbocycles. The van der Waals surface area contributed by atoms with Crippen molar-refractivity contribution in [2.24, 2.45) is 5.92 Å². The molecule has 7 nitrogen and oxygen atoms in total. The highest BCUT2D eigenvalue weighted by molar-refractivity contribution is 5.89. The molecule has 1 N–H and O–H groups in total. The minimum atomic E-state index is 0.0876. The van der Waals surface area contributed by atoms with Gasteiger partial charge < -0.3 is 19.7 Å². The minimum Gasteiger partial charge on any atom is -0.491 e. The first-order chi connectivity index (χ1) is 12.2. The summed E-state index contributed by atoms with van der Waals surface area (Å²) in [4.78, 5) is 18.2. The van der Waals surface area contributed by atoms with E-state index in [1.54, 1.807) is 12.3 Å². The summed E-state index contributed by atoms with van der Waals surface area (Å²) in [6.45, 7) is 3.13. The van der Waals surface area contributed by atoms with Gasteiger partial charge in [0.05, 0.1) is 18.7 Å². The van der Waals surface area contributed by atoms with E-state index in [2.05, 4.69) is 16.4 Å². The van der Waals surface area contributed by atoms with Crippen LogP contribution in [0.15, 0.2) is 24.4 Å². The van der Waals surface area contributed by atoms with E-state index in [-0.39, 0.29) is 5.91 Å². The highest BCUT2D eigenvalue weighted by atomic mass is 16.5. The van der Waals surface area contributed by atoms with Crippen molar-refractivity contribution in [1.82, 2.24) is 15.2 Å². The maximum atomic E-state index is 12.0. The number of pyridine rings is 1. The number of carbonyl (C=O) groups is 1. The normalized spacial score (nSPS) is 18.5. The van der Waals surface area contributed by atoms with Gasteiger partial charge in [0.25, 0.3) is 0 Å². The smallest absolute Gasteiger partial charge is 0.236 e. The standard InChI is InChI=1S/C18H18N4O3/c19-7-14-5-13-1-2-21-18-15(13)6-16(14)24-4-3-20-8-17(23)22-9-12(10-22)11-25-18/h1-2,5-6,12,20H,3-4,8-11H2. The van der Waals surface area contributed by atoms with E-state index in [1.807, 2.05) is 17.0 Å². The molecule has 1 fully saturated rings. The van der Waals surface area contributed by atoms with Crippen LogP contribution in [0.4, 0.5) is 0 Å². The Balaban J connectivity index is 1.67. The molecular weight excluding hydrogens is 320 g/mol. The average molecular weight is 338 g/mol. The van der Waals surface area contributed by atoms with Crippen molar-refractivity contribution < 1.29 is 14.3 Å². The predicted octanol–water partition coefficient (Wildman–Crippen LogP) is 0.926. The van der Waals surface area contributed by atoms with Gasteiger partial charge in [0.2, 0.25) is 11.8 Å². The molecule has 3 aliphatic heterocycles. The van der Waals surface area contributed by atoms with Gasteiger partial charge in [0, 0.05) is 37.1 Å². The number of rotatable bonds is 0. The number of benzene rings is 1. The fourth-order valence-corrected chi connectivity index (χ4v) is 3.11. The van der Waals surface area contributed by atoms with Crippen molar-refractivity contribution in [2.45, 2.75) is 0 Å². The fourth-order valence-electron chi connectivity index (χ4n) is 3.11. The van der Waals surface area contributed by atoms with Gasteiger partial charge >= 0.3 is 0 Å². The van der Waals surface area contributed by atoms with Gasteiger partial charge in [0.1, 0.15) is 18.4 Å². The molecule has 4 heterocycles. The predicted molar refractivity (Wildman–Crippen MR) is 90.4 cm³/mol. The lowest BCUT2D eigenvalue weighted by Gasteiger charge is -2.39. The van der Waals surface area contributed by atoms with Crippen LogP contribution in [0.3, 0.4) is 0 Å². The molecule has 3 aliphatic rings. The number of hydrogen-bond acceptors (Lipinski definition) is 6. The third kappa shape index (κ3) is 3.08. The summed E-state index contributed by atoms with van der Waals surface area (Å²) in [7, 11) is 0. The molecule has 1 aromatic carbocycles. The van der Waals surface area contributed by atoms with Crippen LogP contribution in [0.25, 0.3) is 10.8 Å². The average Bonchev–Trinajstić information content (AvgIpc) is 2.59. The minimum absolute atomic E-state index is 0.0876. The number of amides is 1. The molecule has 2 aromatic rings. The second-order valence-electron chi connectivity index (χ2n) is 6.30.